The van der Waals surface area contributed by atoms with Crippen LogP contribution in [0.1, 0.15) is 5.56 Å². The van der Waals surface area contributed by atoms with E-state index in [0.717, 1.165) is 5.56 Å². The molecule has 0 unspecified atom stereocenters. The first-order valence-corrected chi connectivity index (χ1v) is 7.20. The third-order valence-corrected chi connectivity index (χ3v) is 2.90. The summed E-state index contributed by atoms with van der Waals surface area (Å²) in [5, 5.41) is 2.42. The van der Waals surface area contributed by atoms with E-state index in [4.69, 9.17) is 19.1 Å². The van der Waals surface area contributed by atoms with Gasteiger partial charge in [0.25, 0.3) is 0 Å². The fourth-order valence-corrected chi connectivity index (χ4v) is 1.78. The lowest BCUT2D eigenvalue weighted by Gasteiger charge is -2.10. The lowest BCUT2D eigenvalue weighted by Crippen LogP contribution is -2.32. The molecule has 2 amide bonds. The lowest BCUT2D eigenvalue weighted by molar-refractivity contribution is 0.0866. The minimum absolute atomic E-state index is 0.00958. The van der Waals surface area contributed by atoms with Crippen LogP contribution in [0.5, 0.6) is 17.5 Å². The molecule has 25 heavy (non-hydrogen) atoms. The van der Waals surface area contributed by atoms with Gasteiger partial charge < -0.3 is 19.1 Å². The first kappa shape index (κ1) is 18.2. The van der Waals surface area contributed by atoms with Crippen molar-refractivity contribution in [1.29, 1.82) is 0 Å². The van der Waals surface area contributed by atoms with Crippen molar-refractivity contribution in [2.45, 2.75) is 6.54 Å². The first-order chi connectivity index (χ1) is 12.1. The molecule has 1 aromatic heterocycles. The van der Waals surface area contributed by atoms with E-state index >= 15 is 0 Å². The van der Waals surface area contributed by atoms with Crippen LogP contribution in [0.4, 0.5) is 10.7 Å². The monoisotopic (exact) mass is 349 g/mol. The Morgan fingerprint density at radius 3 is 2.44 bits per heavy atom. The van der Waals surface area contributed by atoms with Crippen molar-refractivity contribution in [3.8, 4) is 17.5 Å². The topological polar surface area (TPSA) is 116 Å². The maximum absolute atomic E-state index is 11.9. The third kappa shape index (κ3) is 5.79. The van der Waals surface area contributed by atoms with Crippen molar-refractivity contribution in [3.05, 3.63) is 35.9 Å². The summed E-state index contributed by atoms with van der Waals surface area (Å²) >= 11 is 0. The highest BCUT2D eigenvalue weighted by Gasteiger charge is 2.09. The number of carbonyl (C=O) groups excluding carboxylic acids is 1. The van der Waals surface area contributed by atoms with Crippen LogP contribution in [0.2, 0.25) is 0 Å². The highest BCUT2D eigenvalue weighted by Crippen LogP contribution is 2.17. The molecule has 0 aliphatic heterocycles. The molecule has 0 spiro atoms. The van der Waals surface area contributed by atoms with Crippen LogP contribution in [0.25, 0.3) is 0 Å². The van der Waals surface area contributed by atoms with Gasteiger partial charge in [-0.1, -0.05) is 12.1 Å². The Kier molecular flexibility index (Phi) is 6.75. The van der Waals surface area contributed by atoms with Gasteiger partial charge in [0.05, 0.1) is 27.4 Å². The number of nitrogens with zero attached hydrogens (tertiary/aromatic N) is 2. The van der Waals surface area contributed by atoms with Crippen molar-refractivity contribution >= 4 is 12.0 Å². The SMILES string of the molecule is CONCc1cccc(ONC(=O)Nc2nc(OC)cc(OC)n2)c1. The first-order valence-electron chi connectivity index (χ1n) is 7.20. The second-order valence-electron chi connectivity index (χ2n) is 4.61. The van der Waals surface area contributed by atoms with Crippen molar-refractivity contribution in [2.24, 2.45) is 0 Å². The molecule has 0 saturated heterocycles. The van der Waals surface area contributed by atoms with Gasteiger partial charge in [0.1, 0.15) is 0 Å². The van der Waals surface area contributed by atoms with Gasteiger partial charge in [-0.15, -0.1) is 0 Å². The molecule has 0 aliphatic carbocycles. The molecule has 0 fully saturated rings. The summed E-state index contributed by atoms with van der Waals surface area (Å²) in [6.45, 7) is 0.497. The van der Waals surface area contributed by atoms with Gasteiger partial charge in [0.2, 0.25) is 17.7 Å². The summed E-state index contributed by atoms with van der Waals surface area (Å²) in [5.41, 5.74) is 5.88. The molecule has 0 radical (unpaired) electrons. The molecular formula is C15H19N5O5. The standard InChI is InChI=1S/C15H19N5O5/c1-22-12-8-13(23-2)18-14(17-12)19-15(21)20-25-11-6-4-5-10(7-11)9-16-24-3/h4-8,16H,9H2,1-3H3,(H2,17,18,19,20,21). The van der Waals surface area contributed by atoms with E-state index in [1.807, 2.05) is 6.07 Å². The fourth-order valence-electron chi connectivity index (χ4n) is 1.78. The van der Waals surface area contributed by atoms with E-state index in [0.29, 0.717) is 12.3 Å². The number of hydrogen-bond acceptors (Lipinski definition) is 8. The average molecular weight is 349 g/mol. The minimum Gasteiger partial charge on any atom is -0.481 e. The molecule has 1 aromatic carbocycles. The number of hydroxylamine groups is 2. The van der Waals surface area contributed by atoms with E-state index in [2.05, 4.69) is 26.2 Å². The maximum Gasteiger partial charge on any atom is 0.354 e. The number of carbonyl (C=O) groups is 1. The number of hydrogen-bond donors (Lipinski definition) is 3. The maximum atomic E-state index is 11.9. The molecular weight excluding hydrogens is 330 g/mol. The zero-order valence-corrected chi connectivity index (χ0v) is 14.0. The van der Waals surface area contributed by atoms with Crippen molar-refractivity contribution in [1.82, 2.24) is 20.9 Å². The average Bonchev–Trinajstić information content (AvgIpc) is 2.64. The second-order valence-corrected chi connectivity index (χ2v) is 4.61. The number of methoxy groups -OCH3 is 2. The summed E-state index contributed by atoms with van der Waals surface area (Å²) < 4.78 is 10.0. The van der Waals surface area contributed by atoms with Crippen LogP contribution in [-0.4, -0.2) is 37.3 Å². The normalized spacial score (nSPS) is 10.0. The largest absolute Gasteiger partial charge is 0.481 e. The smallest absolute Gasteiger partial charge is 0.354 e. The van der Waals surface area contributed by atoms with Crippen LogP contribution >= 0.6 is 0 Å². The van der Waals surface area contributed by atoms with Gasteiger partial charge in [-0.3, -0.25) is 5.32 Å². The van der Waals surface area contributed by atoms with Crippen LogP contribution in [-0.2, 0) is 11.4 Å². The van der Waals surface area contributed by atoms with E-state index in [9.17, 15) is 4.79 Å². The predicted molar refractivity (Wildman–Crippen MR) is 88.2 cm³/mol. The van der Waals surface area contributed by atoms with Crippen LogP contribution < -0.4 is 30.6 Å². The zero-order chi connectivity index (χ0) is 18.1. The van der Waals surface area contributed by atoms with Gasteiger partial charge >= 0.3 is 6.03 Å². The second kappa shape index (κ2) is 9.25. The summed E-state index contributed by atoms with van der Waals surface area (Å²) in [6.07, 6.45) is 0. The van der Waals surface area contributed by atoms with Gasteiger partial charge in [-0.05, 0) is 17.7 Å². The molecule has 10 nitrogen and oxygen atoms in total. The zero-order valence-electron chi connectivity index (χ0n) is 14.0. The van der Waals surface area contributed by atoms with E-state index in [-0.39, 0.29) is 17.7 Å². The van der Waals surface area contributed by atoms with Crippen molar-refractivity contribution in [2.75, 3.05) is 26.6 Å². The van der Waals surface area contributed by atoms with Gasteiger partial charge in [0, 0.05) is 6.54 Å². The molecule has 0 aliphatic rings. The summed E-state index contributed by atoms with van der Waals surface area (Å²) in [4.78, 5) is 29.9. The number of nitrogens with one attached hydrogen (secondary N) is 3. The Bertz CT molecular complexity index is 690. The van der Waals surface area contributed by atoms with Crippen LogP contribution in [0.3, 0.4) is 0 Å². The van der Waals surface area contributed by atoms with Gasteiger partial charge in [-0.25, -0.2) is 4.79 Å². The third-order valence-electron chi connectivity index (χ3n) is 2.90. The molecule has 3 N–H and O–H groups in total. The molecule has 2 rings (SSSR count). The quantitative estimate of drug-likeness (QED) is 0.610. The van der Waals surface area contributed by atoms with Gasteiger partial charge in [0.15, 0.2) is 5.75 Å². The number of urea groups is 1. The molecule has 0 saturated carbocycles. The molecule has 0 bridgehead atoms. The van der Waals surface area contributed by atoms with E-state index in [1.165, 1.54) is 27.4 Å². The molecule has 1 heterocycles. The minimum atomic E-state index is -0.657. The van der Waals surface area contributed by atoms with Crippen LogP contribution in [0, 0.1) is 0 Å². The summed E-state index contributed by atoms with van der Waals surface area (Å²) in [5.74, 6) is 0.966. The Labute approximate surface area is 144 Å². The Hall–Kier alpha value is -3.11. The number of amides is 2. The number of rotatable bonds is 8. The Morgan fingerprint density at radius 2 is 1.80 bits per heavy atom. The van der Waals surface area contributed by atoms with E-state index in [1.54, 1.807) is 18.2 Å². The molecule has 2 aromatic rings. The highest BCUT2D eigenvalue weighted by molar-refractivity contribution is 5.86. The number of ether oxygens (including phenoxy) is 2. The Morgan fingerprint density at radius 1 is 1.08 bits per heavy atom. The molecule has 0 atom stereocenters. The number of benzene rings is 1. The predicted octanol–water partition coefficient (Wildman–Crippen LogP) is 1.26. The highest BCUT2D eigenvalue weighted by atomic mass is 16.7. The number of aromatic nitrogens is 2. The number of anilines is 1. The fraction of sp³-hybridized carbons (Fsp3) is 0.267. The molecule has 134 valence electrons. The van der Waals surface area contributed by atoms with Crippen molar-refractivity contribution in [3.63, 3.8) is 0 Å². The van der Waals surface area contributed by atoms with Gasteiger partial charge in [-0.2, -0.15) is 20.9 Å². The summed E-state index contributed by atoms with van der Waals surface area (Å²) in [6, 6.07) is 7.95. The van der Waals surface area contributed by atoms with Crippen LogP contribution in [0.15, 0.2) is 30.3 Å². The van der Waals surface area contributed by atoms with Crippen molar-refractivity contribution < 1.29 is 23.9 Å². The molecule has 10 heteroatoms. The Balaban J connectivity index is 1.92. The lowest BCUT2D eigenvalue weighted by atomic mass is 10.2. The van der Waals surface area contributed by atoms with E-state index < -0.39 is 6.03 Å². The summed E-state index contributed by atoms with van der Waals surface area (Å²) in [7, 11) is 4.42.